The summed E-state index contributed by atoms with van der Waals surface area (Å²) in [7, 11) is 0. The third kappa shape index (κ3) is 3.91. The number of nitrogens with zero attached hydrogens (tertiary/aromatic N) is 1. The summed E-state index contributed by atoms with van der Waals surface area (Å²) in [6, 6.07) is 7.61. The first-order chi connectivity index (χ1) is 14.5. The van der Waals surface area contributed by atoms with Crippen LogP contribution in [0.4, 0.5) is 5.69 Å². The number of aliphatic hydroxyl groups is 1. The second-order valence-electron chi connectivity index (χ2n) is 7.95. The summed E-state index contributed by atoms with van der Waals surface area (Å²) < 4.78 is 0. The third-order valence-corrected chi connectivity index (χ3v) is 5.92. The van der Waals surface area contributed by atoms with E-state index in [0.717, 1.165) is 59.7 Å². The minimum absolute atomic E-state index is 0.125. The van der Waals surface area contributed by atoms with Gasteiger partial charge >= 0.3 is 0 Å². The molecule has 158 valence electrons. The summed E-state index contributed by atoms with van der Waals surface area (Å²) in [5.74, 6) is 0.0996. The molecule has 0 spiro atoms. The zero-order valence-corrected chi connectivity index (χ0v) is 17.4. The van der Waals surface area contributed by atoms with Crippen molar-refractivity contribution in [3.8, 4) is 0 Å². The number of fused-ring (bicyclic) bond motifs is 1. The van der Waals surface area contributed by atoms with Crippen LogP contribution >= 0.6 is 0 Å². The fourth-order valence-electron chi connectivity index (χ4n) is 4.32. The molecule has 0 saturated carbocycles. The predicted octanol–water partition coefficient (Wildman–Crippen LogP) is 2.72. The Balaban J connectivity index is 1.44. The molecule has 1 atom stereocenters. The molecule has 2 amide bonds. The van der Waals surface area contributed by atoms with Gasteiger partial charge in [-0.25, -0.2) is 0 Å². The molecule has 1 unspecified atom stereocenters. The number of aliphatic hydroxyl groups excluding tert-OH is 1. The van der Waals surface area contributed by atoms with Crippen molar-refractivity contribution in [1.82, 2.24) is 15.2 Å². The molecule has 0 bridgehead atoms. The van der Waals surface area contributed by atoms with Crippen LogP contribution in [0.15, 0.2) is 24.3 Å². The molecule has 7 nitrogen and oxygen atoms in total. The molecule has 1 aromatic carbocycles. The van der Waals surface area contributed by atoms with Gasteiger partial charge in [0.05, 0.1) is 5.57 Å². The van der Waals surface area contributed by atoms with Gasteiger partial charge in [0, 0.05) is 47.7 Å². The van der Waals surface area contributed by atoms with E-state index in [1.807, 2.05) is 49.1 Å². The molecule has 7 heteroatoms. The highest BCUT2D eigenvalue weighted by molar-refractivity contribution is 6.34. The van der Waals surface area contributed by atoms with E-state index >= 15 is 0 Å². The molecule has 30 heavy (non-hydrogen) atoms. The van der Waals surface area contributed by atoms with Crippen LogP contribution in [0.2, 0.25) is 0 Å². The van der Waals surface area contributed by atoms with Crippen LogP contribution in [-0.2, 0) is 9.59 Å². The lowest BCUT2D eigenvalue weighted by molar-refractivity contribution is -0.127. The van der Waals surface area contributed by atoms with Crippen molar-refractivity contribution in [2.24, 2.45) is 0 Å². The quantitative estimate of drug-likeness (QED) is 0.322. The van der Waals surface area contributed by atoms with Crippen molar-refractivity contribution >= 4 is 29.2 Å². The maximum absolute atomic E-state index is 12.4. The van der Waals surface area contributed by atoms with Gasteiger partial charge in [0.2, 0.25) is 5.91 Å². The number of para-hydroxylation sites is 1. The first kappa shape index (κ1) is 20.4. The largest absolute Gasteiger partial charge is 0.374 e. The number of hydrogen-bond acceptors (Lipinski definition) is 4. The lowest BCUT2D eigenvalue weighted by Crippen LogP contribution is -2.30. The van der Waals surface area contributed by atoms with E-state index < -0.39 is 6.23 Å². The van der Waals surface area contributed by atoms with Crippen LogP contribution in [0.25, 0.3) is 11.6 Å². The highest BCUT2D eigenvalue weighted by atomic mass is 16.3. The van der Waals surface area contributed by atoms with Crippen LogP contribution < -0.4 is 10.6 Å². The average molecular weight is 409 g/mol. The average Bonchev–Trinajstić information content (AvgIpc) is 3.35. The van der Waals surface area contributed by atoms with Crippen LogP contribution in [0.3, 0.4) is 0 Å². The first-order valence-corrected chi connectivity index (χ1v) is 10.5. The molecular formula is C23H28N4O3. The standard InChI is InChI=1S/C23H28N4O3/c1-14-19(13-17-16-7-3-4-8-18(16)26-22(17)29)25-15(2)21(14)23(30)24-10-6-12-27-11-5-9-20(27)28/h3-4,7-8,13,23-25,30H,5-6,9-12H2,1-2H3,(H,26,29)/b17-13-. The summed E-state index contributed by atoms with van der Waals surface area (Å²) in [4.78, 5) is 29.3. The van der Waals surface area contributed by atoms with Gasteiger partial charge in [0.25, 0.3) is 5.91 Å². The molecule has 2 aliphatic heterocycles. The second kappa shape index (κ2) is 8.45. The molecule has 2 aliphatic rings. The van der Waals surface area contributed by atoms with Crippen LogP contribution in [-0.4, -0.2) is 46.4 Å². The molecule has 4 N–H and O–H groups in total. The number of aryl methyl sites for hydroxylation is 1. The number of carbonyl (C=O) groups excluding carboxylic acids is 2. The zero-order chi connectivity index (χ0) is 21.3. The highest BCUT2D eigenvalue weighted by Crippen LogP contribution is 2.34. The SMILES string of the molecule is Cc1[nH]c(/C=C2\C(=O)Nc3ccccc32)c(C)c1C(O)NCCCN1CCCC1=O. The Morgan fingerprint density at radius 2 is 2.07 bits per heavy atom. The van der Waals surface area contributed by atoms with Gasteiger partial charge in [-0.1, -0.05) is 18.2 Å². The van der Waals surface area contributed by atoms with Gasteiger partial charge in [-0.2, -0.15) is 0 Å². The summed E-state index contributed by atoms with van der Waals surface area (Å²) in [6.07, 6.45) is 3.42. The summed E-state index contributed by atoms with van der Waals surface area (Å²) in [5, 5.41) is 16.7. The first-order valence-electron chi connectivity index (χ1n) is 10.5. The highest BCUT2D eigenvalue weighted by Gasteiger charge is 2.25. The van der Waals surface area contributed by atoms with E-state index in [9.17, 15) is 14.7 Å². The number of aromatic nitrogens is 1. The maximum atomic E-state index is 12.4. The van der Waals surface area contributed by atoms with Crippen molar-refractivity contribution in [3.63, 3.8) is 0 Å². The Hall–Kier alpha value is -2.90. The van der Waals surface area contributed by atoms with Gasteiger partial charge in [-0.15, -0.1) is 0 Å². The minimum atomic E-state index is -0.813. The van der Waals surface area contributed by atoms with Crippen molar-refractivity contribution in [1.29, 1.82) is 0 Å². The zero-order valence-electron chi connectivity index (χ0n) is 17.4. The number of rotatable bonds is 7. The monoisotopic (exact) mass is 408 g/mol. The summed E-state index contributed by atoms with van der Waals surface area (Å²) in [5.41, 5.74) is 5.68. The number of nitrogens with one attached hydrogen (secondary N) is 3. The number of carbonyl (C=O) groups is 2. The Morgan fingerprint density at radius 3 is 2.83 bits per heavy atom. The number of amides is 2. The number of benzene rings is 1. The number of H-pyrrole nitrogens is 1. The molecule has 0 radical (unpaired) electrons. The molecule has 0 aliphatic carbocycles. The molecule has 2 aromatic rings. The predicted molar refractivity (Wildman–Crippen MR) is 117 cm³/mol. The fourth-order valence-corrected chi connectivity index (χ4v) is 4.32. The van der Waals surface area contributed by atoms with E-state index in [-0.39, 0.29) is 11.8 Å². The normalized spacial score (nSPS) is 18.2. The number of hydrogen-bond donors (Lipinski definition) is 4. The van der Waals surface area contributed by atoms with Crippen LogP contribution in [0.1, 0.15) is 53.6 Å². The van der Waals surface area contributed by atoms with Crippen molar-refractivity contribution < 1.29 is 14.7 Å². The van der Waals surface area contributed by atoms with E-state index in [1.165, 1.54) is 0 Å². The molecule has 3 heterocycles. The van der Waals surface area contributed by atoms with Crippen molar-refractivity contribution in [2.45, 2.75) is 39.3 Å². The molecule has 1 fully saturated rings. The Labute approximate surface area is 176 Å². The summed E-state index contributed by atoms with van der Waals surface area (Å²) in [6.45, 7) is 6.03. The van der Waals surface area contributed by atoms with E-state index in [4.69, 9.17) is 0 Å². The molecular weight excluding hydrogens is 380 g/mol. The van der Waals surface area contributed by atoms with Gasteiger partial charge < -0.3 is 20.3 Å². The number of anilines is 1. The van der Waals surface area contributed by atoms with Crippen molar-refractivity contribution in [2.75, 3.05) is 25.0 Å². The summed E-state index contributed by atoms with van der Waals surface area (Å²) >= 11 is 0. The van der Waals surface area contributed by atoms with Crippen molar-refractivity contribution in [3.05, 3.63) is 52.3 Å². The van der Waals surface area contributed by atoms with Gasteiger partial charge in [0.1, 0.15) is 6.23 Å². The van der Waals surface area contributed by atoms with E-state index in [0.29, 0.717) is 18.5 Å². The molecule has 4 rings (SSSR count). The lowest BCUT2D eigenvalue weighted by atomic mass is 10.0. The van der Waals surface area contributed by atoms with Gasteiger partial charge in [-0.3, -0.25) is 14.9 Å². The maximum Gasteiger partial charge on any atom is 0.256 e. The smallest absolute Gasteiger partial charge is 0.256 e. The third-order valence-electron chi connectivity index (χ3n) is 5.92. The fraction of sp³-hybridized carbons (Fsp3) is 0.391. The number of aromatic amines is 1. The Bertz CT molecular complexity index is 1010. The topological polar surface area (TPSA) is 97.5 Å². The lowest BCUT2D eigenvalue weighted by Gasteiger charge is -2.17. The van der Waals surface area contributed by atoms with Gasteiger partial charge in [0.15, 0.2) is 0 Å². The Kier molecular flexibility index (Phi) is 5.74. The second-order valence-corrected chi connectivity index (χ2v) is 7.95. The minimum Gasteiger partial charge on any atom is -0.374 e. The van der Waals surface area contributed by atoms with Gasteiger partial charge in [-0.05, 0) is 50.9 Å². The number of likely N-dealkylation sites (tertiary alicyclic amines) is 1. The van der Waals surface area contributed by atoms with E-state index in [1.54, 1.807) is 0 Å². The van der Waals surface area contributed by atoms with E-state index in [2.05, 4.69) is 15.6 Å². The Morgan fingerprint density at radius 1 is 1.27 bits per heavy atom. The molecule has 1 saturated heterocycles. The van der Waals surface area contributed by atoms with Crippen LogP contribution in [0.5, 0.6) is 0 Å². The van der Waals surface area contributed by atoms with Crippen LogP contribution in [0, 0.1) is 13.8 Å². The molecule has 1 aromatic heterocycles.